The van der Waals surface area contributed by atoms with Crippen LogP contribution >= 0.6 is 11.3 Å². The lowest BCUT2D eigenvalue weighted by molar-refractivity contribution is 0.156. The Morgan fingerprint density at radius 3 is 2.05 bits per heavy atom. The number of H-pyrrole nitrogens is 2. The highest BCUT2D eigenvalue weighted by Crippen LogP contribution is 2.43. The summed E-state index contributed by atoms with van der Waals surface area (Å²) in [5.74, 6) is 0.890. The van der Waals surface area contributed by atoms with Gasteiger partial charge in [-0.1, -0.05) is 67.5 Å². The number of pyridine rings is 4. The molecule has 0 amide bonds. The van der Waals surface area contributed by atoms with Gasteiger partial charge in [0.2, 0.25) is 17.3 Å². The lowest BCUT2D eigenvalue weighted by Gasteiger charge is -2.18. The fraction of sp³-hybridized carbons (Fsp3) is 0.262. The smallest absolute Gasteiger partial charge is 0.295 e. The molecule has 6 heterocycles. The molecule has 0 aliphatic rings. The number of hydrogen-bond donors (Lipinski definition) is 4. The number of nitrogens with one attached hydrogen (secondary N) is 3. The molecule has 8 rings (SSSR count). The van der Waals surface area contributed by atoms with Crippen LogP contribution in [-0.4, -0.2) is 52.4 Å². The molecule has 2 aromatic carbocycles. The van der Waals surface area contributed by atoms with Gasteiger partial charge in [0.05, 0.1) is 64.2 Å². The highest BCUT2D eigenvalue weighted by Gasteiger charge is 2.25. The number of thiophene rings is 1. The molecule has 0 saturated carbocycles. The van der Waals surface area contributed by atoms with E-state index >= 15 is 0 Å². The van der Waals surface area contributed by atoms with Gasteiger partial charge in [0.15, 0.2) is 0 Å². The van der Waals surface area contributed by atoms with E-state index < -0.39 is 12.0 Å². The molecule has 292 valence electrons. The highest BCUT2D eigenvalue weighted by molar-refractivity contribution is 7.19. The Labute approximate surface area is 328 Å². The average Bonchev–Trinajstić information content (AvgIpc) is 3.91. The van der Waals surface area contributed by atoms with Crippen molar-refractivity contribution in [1.82, 2.24) is 30.4 Å². The van der Waals surface area contributed by atoms with Crippen molar-refractivity contribution >= 4 is 54.2 Å². The number of ether oxygens (including phenoxy) is 2. The quantitative estimate of drug-likeness (QED) is 0.0948. The van der Waals surface area contributed by atoms with Gasteiger partial charge in [0.25, 0.3) is 17.5 Å². The second-order valence-corrected chi connectivity index (χ2v) is 15.2. The van der Waals surface area contributed by atoms with Crippen molar-refractivity contribution in [3.05, 3.63) is 109 Å². The number of nitrogens with zero attached hydrogens (tertiary/aromatic N) is 3. The van der Waals surface area contributed by atoms with Crippen molar-refractivity contribution < 1.29 is 22.8 Å². The molecule has 0 radical (unpaired) electrons. The van der Waals surface area contributed by atoms with Crippen LogP contribution in [0.15, 0.2) is 74.9 Å². The van der Waals surface area contributed by atoms with E-state index in [9.17, 15) is 18.4 Å². The van der Waals surface area contributed by atoms with Crippen molar-refractivity contribution in [2.45, 2.75) is 45.6 Å². The number of fused-ring (bicyclic) bond motifs is 6. The summed E-state index contributed by atoms with van der Waals surface area (Å²) in [4.78, 5) is 41.3. The van der Waals surface area contributed by atoms with E-state index in [1.54, 1.807) is 14.0 Å². The van der Waals surface area contributed by atoms with Crippen LogP contribution in [0.25, 0.3) is 65.1 Å². The molecule has 2 atom stereocenters. The van der Waals surface area contributed by atoms with Gasteiger partial charge in [-0.2, -0.15) is 0 Å². The normalized spacial score (nSPS) is 13.0. The minimum atomic E-state index is -2.73. The van der Waals surface area contributed by atoms with Gasteiger partial charge in [-0.25, -0.2) is 18.7 Å². The summed E-state index contributed by atoms with van der Waals surface area (Å²) in [6.45, 7) is 7.21. The van der Waals surface area contributed by atoms with Crippen molar-refractivity contribution in [1.29, 1.82) is 0 Å². The van der Waals surface area contributed by atoms with Gasteiger partial charge in [-0.05, 0) is 53.6 Å². The van der Waals surface area contributed by atoms with Crippen LogP contribution in [-0.2, 0) is 6.54 Å². The van der Waals surface area contributed by atoms with Gasteiger partial charge in [0, 0.05) is 29.2 Å². The van der Waals surface area contributed by atoms with Gasteiger partial charge in [-0.15, -0.1) is 11.3 Å². The van der Waals surface area contributed by atoms with Gasteiger partial charge < -0.3 is 35.0 Å². The van der Waals surface area contributed by atoms with E-state index in [1.807, 2.05) is 55.5 Å². The molecule has 57 heavy (non-hydrogen) atoms. The predicted octanol–water partition coefficient (Wildman–Crippen LogP) is 8.07. The molecule has 0 fully saturated rings. The van der Waals surface area contributed by atoms with Crippen LogP contribution in [0.4, 0.5) is 8.78 Å². The maximum Gasteiger partial charge on any atom is 0.295 e. The van der Waals surface area contributed by atoms with Crippen LogP contribution in [0.1, 0.15) is 59.5 Å². The Hall–Kier alpha value is -6.03. The monoisotopic (exact) mass is 791 g/mol. The zero-order valence-electron chi connectivity index (χ0n) is 31.8. The minimum Gasteiger partial charge on any atom is -0.481 e. The second kappa shape index (κ2) is 15.1. The zero-order valence-corrected chi connectivity index (χ0v) is 32.6. The highest BCUT2D eigenvalue weighted by atomic mass is 32.1. The summed E-state index contributed by atoms with van der Waals surface area (Å²) in [6, 6.07) is 17.3. The Balaban J connectivity index is 1.12. The summed E-state index contributed by atoms with van der Waals surface area (Å²) >= 11 is 0.787. The molecule has 5 N–H and O–H groups in total. The first-order valence-electron chi connectivity index (χ1n) is 18.3. The van der Waals surface area contributed by atoms with Gasteiger partial charge in [0.1, 0.15) is 4.70 Å². The average molecular weight is 792 g/mol. The fourth-order valence-electron chi connectivity index (χ4n) is 7.48. The van der Waals surface area contributed by atoms with E-state index in [1.165, 1.54) is 19.4 Å². The van der Waals surface area contributed by atoms with E-state index in [2.05, 4.69) is 32.3 Å². The molecule has 0 bridgehead atoms. The fourth-order valence-corrected chi connectivity index (χ4v) is 8.40. The number of hydrogen-bond acceptors (Lipinski definition) is 11. The number of aromatic amines is 2. The van der Waals surface area contributed by atoms with E-state index in [4.69, 9.17) is 24.7 Å². The molecule has 2 unspecified atom stereocenters. The van der Waals surface area contributed by atoms with E-state index in [0.717, 1.165) is 39.0 Å². The number of methoxy groups -OCH3 is 2. The second-order valence-electron chi connectivity index (χ2n) is 14.1. The SMILES string of the molecule is COc1nc(C)c2[nH]c(=O)c3oncc3c2c1-c1ccc(C(C)CNCc2nc(OC)c(-c3ccc(C(C)CN)cc3)c3c2[nH]c(=O)c2sc(C(F)F)cc23)cc1. The topological polar surface area (TPSA) is 174 Å². The van der Waals surface area contributed by atoms with Gasteiger partial charge in [-0.3, -0.25) is 9.59 Å². The predicted molar refractivity (Wildman–Crippen MR) is 219 cm³/mol. The first kappa shape index (κ1) is 37.9. The maximum atomic E-state index is 14.0. The van der Waals surface area contributed by atoms with Crippen LogP contribution in [0, 0.1) is 6.92 Å². The molecule has 0 aliphatic carbocycles. The molecule has 0 saturated heterocycles. The summed E-state index contributed by atoms with van der Waals surface area (Å²) in [5, 5.41) is 9.65. The van der Waals surface area contributed by atoms with Crippen molar-refractivity contribution in [3.8, 4) is 34.0 Å². The Bertz CT molecular complexity index is 2920. The van der Waals surface area contributed by atoms with Crippen LogP contribution < -0.4 is 31.6 Å². The lowest BCUT2D eigenvalue weighted by Crippen LogP contribution is -2.21. The molecular formula is C42H39F2N7O5S. The minimum absolute atomic E-state index is 0.0352. The number of nitrogens with two attached hydrogens (primary N) is 1. The van der Waals surface area contributed by atoms with Crippen molar-refractivity contribution in [3.63, 3.8) is 0 Å². The third kappa shape index (κ3) is 6.60. The standard InChI is InChI=1S/C42H39F2N7O5S/c1-19(15-45)22-6-10-24(11-7-22)30-32-26-14-29(38(43)44)57-37(26)40(53)51-35(32)28(49-42(30)55-5)18-46-16-20(2)23-8-12-25(13-9-23)31-33-27-17-47-56-36(27)39(52)50-34(33)21(3)48-41(31)54-4/h6-14,17,19-20,38,46H,15-16,18,45H2,1-5H3,(H,50,52)(H,51,53). The number of aryl methyl sites for hydroxylation is 1. The zero-order chi connectivity index (χ0) is 40.1. The Morgan fingerprint density at radius 2 is 1.44 bits per heavy atom. The van der Waals surface area contributed by atoms with E-state index in [-0.39, 0.29) is 39.1 Å². The Kier molecular flexibility index (Phi) is 10.1. The third-order valence-corrected chi connectivity index (χ3v) is 11.7. The number of alkyl halides is 2. The first-order chi connectivity index (χ1) is 27.5. The van der Waals surface area contributed by atoms with Crippen molar-refractivity contribution in [2.24, 2.45) is 5.73 Å². The molecule has 8 aromatic rings. The summed E-state index contributed by atoms with van der Waals surface area (Å²) < 4.78 is 45.1. The lowest BCUT2D eigenvalue weighted by atomic mass is 9.94. The molecule has 15 heteroatoms. The Morgan fingerprint density at radius 1 is 0.842 bits per heavy atom. The van der Waals surface area contributed by atoms with E-state index in [0.29, 0.717) is 74.6 Å². The molecular weight excluding hydrogens is 753 g/mol. The number of halogens is 2. The van der Waals surface area contributed by atoms with Crippen molar-refractivity contribution in [2.75, 3.05) is 27.3 Å². The molecule has 0 spiro atoms. The van der Waals surface area contributed by atoms with Crippen LogP contribution in [0.3, 0.4) is 0 Å². The summed E-state index contributed by atoms with van der Waals surface area (Å²) in [6.07, 6.45) is -1.21. The maximum absolute atomic E-state index is 14.0. The number of aromatic nitrogens is 5. The largest absolute Gasteiger partial charge is 0.481 e. The molecule has 12 nitrogen and oxygen atoms in total. The number of benzene rings is 2. The van der Waals surface area contributed by atoms with Crippen LogP contribution in [0.2, 0.25) is 0 Å². The summed E-state index contributed by atoms with van der Waals surface area (Å²) in [7, 11) is 3.07. The summed E-state index contributed by atoms with van der Waals surface area (Å²) in [5.41, 5.74) is 12.3. The molecule has 6 aromatic heterocycles. The van der Waals surface area contributed by atoms with Gasteiger partial charge >= 0.3 is 0 Å². The first-order valence-corrected chi connectivity index (χ1v) is 19.1. The molecule has 0 aliphatic heterocycles. The van der Waals surface area contributed by atoms with Crippen LogP contribution in [0.5, 0.6) is 11.8 Å². The third-order valence-electron chi connectivity index (χ3n) is 10.6. The number of rotatable bonds is 12.